The topological polar surface area (TPSA) is 82.2 Å². The molecular formula is C22H20N4O2. The Balaban J connectivity index is 1.51. The normalized spacial score (nSPS) is 10.8. The number of hydrogen-bond donors (Lipinski definition) is 2. The minimum absolute atomic E-state index is 0.196. The predicted molar refractivity (Wildman–Crippen MR) is 111 cm³/mol. The van der Waals surface area contributed by atoms with Crippen LogP contribution in [0.2, 0.25) is 0 Å². The second-order valence-electron chi connectivity index (χ2n) is 6.47. The maximum atomic E-state index is 12.4. The zero-order valence-corrected chi connectivity index (χ0v) is 15.4. The number of nitrogen functional groups attached to an aromatic ring is 1. The number of benzene rings is 3. The Bertz CT molecular complexity index is 1130. The van der Waals surface area contributed by atoms with Gasteiger partial charge in [0.05, 0.1) is 36.7 Å². The molecule has 0 atom stereocenters. The number of rotatable bonds is 5. The van der Waals surface area contributed by atoms with Crippen molar-refractivity contribution in [3.05, 3.63) is 84.1 Å². The van der Waals surface area contributed by atoms with Gasteiger partial charge >= 0.3 is 0 Å². The first-order chi connectivity index (χ1) is 13.6. The number of nitrogens with one attached hydrogen (secondary N) is 1. The Kier molecular flexibility index (Phi) is 4.68. The van der Waals surface area contributed by atoms with Gasteiger partial charge < -0.3 is 15.8 Å². The highest BCUT2D eigenvalue weighted by Crippen LogP contribution is 2.22. The van der Waals surface area contributed by atoms with E-state index in [2.05, 4.69) is 10.4 Å². The molecule has 4 rings (SSSR count). The number of nitrogens with two attached hydrogens (primary N) is 1. The summed E-state index contributed by atoms with van der Waals surface area (Å²) in [4.78, 5) is 12.4. The van der Waals surface area contributed by atoms with Crippen molar-refractivity contribution in [3.63, 3.8) is 0 Å². The molecule has 0 unspecified atom stereocenters. The Hall–Kier alpha value is -3.80. The molecule has 6 nitrogen and oxygen atoms in total. The maximum Gasteiger partial charge on any atom is 0.255 e. The number of fused-ring (bicyclic) bond motifs is 1. The van der Waals surface area contributed by atoms with Crippen LogP contribution in [0.3, 0.4) is 0 Å². The first kappa shape index (κ1) is 17.6. The van der Waals surface area contributed by atoms with E-state index in [1.165, 1.54) is 0 Å². The van der Waals surface area contributed by atoms with E-state index >= 15 is 0 Å². The summed E-state index contributed by atoms with van der Waals surface area (Å²) in [6, 6.07) is 20.5. The third-order valence-electron chi connectivity index (χ3n) is 4.61. The SMILES string of the molecule is COc1ccc2cnn(Cc3ccc(C(=O)Nc4ccccc4N)cc3)c2c1. The van der Waals surface area contributed by atoms with Crippen LogP contribution in [0.25, 0.3) is 10.9 Å². The summed E-state index contributed by atoms with van der Waals surface area (Å²) in [5.74, 6) is 0.597. The van der Waals surface area contributed by atoms with Crippen molar-refractivity contribution in [2.75, 3.05) is 18.2 Å². The number of amides is 1. The Morgan fingerprint density at radius 3 is 2.64 bits per heavy atom. The lowest BCUT2D eigenvalue weighted by molar-refractivity contribution is 0.102. The van der Waals surface area contributed by atoms with Crippen molar-refractivity contribution in [3.8, 4) is 5.75 Å². The van der Waals surface area contributed by atoms with Gasteiger partial charge in [0.2, 0.25) is 0 Å². The van der Waals surface area contributed by atoms with E-state index in [4.69, 9.17) is 10.5 Å². The van der Waals surface area contributed by atoms with Crippen molar-refractivity contribution in [2.45, 2.75) is 6.54 Å². The second-order valence-corrected chi connectivity index (χ2v) is 6.47. The van der Waals surface area contributed by atoms with E-state index in [1.807, 2.05) is 53.3 Å². The van der Waals surface area contributed by atoms with Gasteiger partial charge in [-0.15, -0.1) is 0 Å². The molecule has 0 aliphatic heterocycles. The fraction of sp³-hybridized carbons (Fsp3) is 0.0909. The van der Waals surface area contributed by atoms with Crippen LogP contribution in [0.15, 0.2) is 72.9 Å². The van der Waals surface area contributed by atoms with Crippen molar-refractivity contribution >= 4 is 28.2 Å². The maximum absolute atomic E-state index is 12.4. The Morgan fingerprint density at radius 1 is 1.11 bits per heavy atom. The lowest BCUT2D eigenvalue weighted by atomic mass is 10.1. The minimum atomic E-state index is -0.196. The third-order valence-corrected chi connectivity index (χ3v) is 4.61. The number of para-hydroxylation sites is 2. The highest BCUT2D eigenvalue weighted by Gasteiger charge is 2.09. The molecule has 1 heterocycles. The molecule has 6 heteroatoms. The summed E-state index contributed by atoms with van der Waals surface area (Å²) in [5, 5.41) is 8.34. The van der Waals surface area contributed by atoms with Crippen LogP contribution in [-0.4, -0.2) is 22.8 Å². The van der Waals surface area contributed by atoms with Crippen LogP contribution in [0.5, 0.6) is 5.75 Å². The molecule has 0 bridgehead atoms. The third kappa shape index (κ3) is 3.53. The van der Waals surface area contributed by atoms with Gasteiger partial charge in [-0.05, 0) is 42.0 Å². The van der Waals surface area contributed by atoms with E-state index < -0.39 is 0 Å². The van der Waals surface area contributed by atoms with Crippen LogP contribution < -0.4 is 15.8 Å². The quantitative estimate of drug-likeness (QED) is 0.520. The molecule has 3 aromatic carbocycles. The van der Waals surface area contributed by atoms with Crippen LogP contribution in [-0.2, 0) is 6.54 Å². The van der Waals surface area contributed by atoms with Gasteiger partial charge in [0.25, 0.3) is 5.91 Å². The average molecular weight is 372 g/mol. The molecule has 1 amide bonds. The van der Waals surface area contributed by atoms with Gasteiger partial charge in [-0.2, -0.15) is 5.10 Å². The molecule has 0 fully saturated rings. The summed E-state index contributed by atoms with van der Waals surface area (Å²) in [6.07, 6.45) is 1.83. The zero-order valence-electron chi connectivity index (χ0n) is 15.4. The van der Waals surface area contributed by atoms with Crippen LogP contribution >= 0.6 is 0 Å². The number of methoxy groups -OCH3 is 1. The number of hydrogen-bond acceptors (Lipinski definition) is 4. The number of nitrogens with zero attached hydrogens (tertiary/aromatic N) is 2. The number of carbonyl (C=O) groups excluding carboxylic acids is 1. The van der Waals surface area contributed by atoms with Gasteiger partial charge in [-0.25, -0.2) is 0 Å². The molecule has 1 aromatic heterocycles. The first-order valence-corrected chi connectivity index (χ1v) is 8.88. The lowest BCUT2D eigenvalue weighted by Crippen LogP contribution is -2.13. The molecule has 0 spiro atoms. The molecule has 0 aliphatic rings. The number of carbonyl (C=O) groups is 1. The van der Waals surface area contributed by atoms with E-state index in [1.54, 1.807) is 31.4 Å². The number of aromatic nitrogens is 2. The Morgan fingerprint density at radius 2 is 1.89 bits per heavy atom. The smallest absolute Gasteiger partial charge is 0.255 e. The minimum Gasteiger partial charge on any atom is -0.497 e. The van der Waals surface area contributed by atoms with Crippen molar-refractivity contribution in [2.24, 2.45) is 0 Å². The summed E-state index contributed by atoms with van der Waals surface area (Å²) in [5.41, 5.74) is 9.63. The molecule has 140 valence electrons. The van der Waals surface area contributed by atoms with E-state index in [0.29, 0.717) is 23.5 Å². The van der Waals surface area contributed by atoms with Crippen LogP contribution in [0, 0.1) is 0 Å². The van der Waals surface area contributed by atoms with Crippen molar-refractivity contribution < 1.29 is 9.53 Å². The molecule has 0 saturated heterocycles. The average Bonchev–Trinajstić information content (AvgIpc) is 3.12. The Labute approximate surface area is 162 Å². The van der Waals surface area contributed by atoms with Crippen LogP contribution in [0.4, 0.5) is 11.4 Å². The zero-order chi connectivity index (χ0) is 19.5. The monoisotopic (exact) mass is 372 g/mol. The fourth-order valence-corrected chi connectivity index (χ4v) is 3.04. The molecule has 4 aromatic rings. The van der Waals surface area contributed by atoms with E-state index in [9.17, 15) is 4.79 Å². The highest BCUT2D eigenvalue weighted by molar-refractivity contribution is 6.05. The number of anilines is 2. The summed E-state index contributed by atoms with van der Waals surface area (Å²) in [6.45, 7) is 0.601. The highest BCUT2D eigenvalue weighted by atomic mass is 16.5. The molecular weight excluding hydrogens is 352 g/mol. The molecule has 28 heavy (non-hydrogen) atoms. The van der Waals surface area contributed by atoms with Gasteiger partial charge in [0.15, 0.2) is 0 Å². The number of ether oxygens (including phenoxy) is 1. The predicted octanol–water partition coefficient (Wildman–Crippen LogP) is 3.93. The van der Waals surface area contributed by atoms with Crippen molar-refractivity contribution in [1.29, 1.82) is 0 Å². The first-order valence-electron chi connectivity index (χ1n) is 8.88. The van der Waals surface area contributed by atoms with E-state index in [0.717, 1.165) is 22.2 Å². The standard InChI is InChI=1S/C22H20N4O2/c1-28-18-11-10-17-13-24-26(21(17)12-18)14-15-6-8-16(9-7-15)22(27)25-20-5-3-2-4-19(20)23/h2-13H,14,23H2,1H3,(H,25,27). The molecule has 0 saturated carbocycles. The summed E-state index contributed by atoms with van der Waals surface area (Å²) in [7, 11) is 1.65. The van der Waals surface area contributed by atoms with Gasteiger partial charge in [-0.3, -0.25) is 9.48 Å². The van der Waals surface area contributed by atoms with E-state index in [-0.39, 0.29) is 5.91 Å². The van der Waals surface area contributed by atoms with Crippen LogP contribution in [0.1, 0.15) is 15.9 Å². The van der Waals surface area contributed by atoms with Gasteiger partial charge in [0.1, 0.15) is 5.75 Å². The summed E-state index contributed by atoms with van der Waals surface area (Å²) < 4.78 is 7.22. The molecule has 0 aliphatic carbocycles. The van der Waals surface area contributed by atoms with Gasteiger partial charge in [-0.1, -0.05) is 24.3 Å². The summed E-state index contributed by atoms with van der Waals surface area (Å²) >= 11 is 0. The molecule has 0 radical (unpaired) electrons. The second kappa shape index (κ2) is 7.44. The van der Waals surface area contributed by atoms with Gasteiger partial charge in [0, 0.05) is 17.0 Å². The van der Waals surface area contributed by atoms with Crippen molar-refractivity contribution in [1.82, 2.24) is 9.78 Å². The molecule has 3 N–H and O–H groups in total. The fourth-order valence-electron chi connectivity index (χ4n) is 3.04. The largest absolute Gasteiger partial charge is 0.497 e. The lowest BCUT2D eigenvalue weighted by Gasteiger charge is -2.09.